The largest absolute Gasteiger partial charge is 0.461 e. The van der Waals surface area contributed by atoms with Gasteiger partial charge in [-0.2, -0.15) is 20.2 Å². The van der Waals surface area contributed by atoms with Gasteiger partial charge in [-0.3, -0.25) is 4.55 Å². The molecule has 16 heavy (non-hydrogen) atoms. The molecule has 0 bridgehead atoms. The molecule has 0 aliphatic heterocycles. The zero-order chi connectivity index (χ0) is 11.9. The average Bonchev–Trinajstić information content (AvgIpc) is 2.08. The van der Waals surface area contributed by atoms with Crippen LogP contribution in [0.4, 0.5) is 0 Å². The van der Waals surface area contributed by atoms with Crippen molar-refractivity contribution in [2.45, 2.75) is 6.92 Å². The Kier molecular flexibility index (Phi) is 9.54. The van der Waals surface area contributed by atoms with Crippen LogP contribution >= 0.6 is 11.8 Å². The van der Waals surface area contributed by atoms with E-state index in [0.29, 0.717) is 11.3 Å². The number of hydrogen-bond acceptors (Lipinski definition) is 6. The molecule has 0 aromatic rings. The van der Waals surface area contributed by atoms with Crippen molar-refractivity contribution in [1.82, 2.24) is 6.15 Å². The van der Waals surface area contributed by atoms with Gasteiger partial charge < -0.3 is 10.9 Å². The summed E-state index contributed by atoms with van der Waals surface area (Å²) in [5, 5.41) is 0. The van der Waals surface area contributed by atoms with Gasteiger partial charge in [0, 0.05) is 17.1 Å². The molecule has 8 heteroatoms. The minimum absolute atomic E-state index is 0. The van der Waals surface area contributed by atoms with Crippen LogP contribution in [0.15, 0.2) is 12.2 Å². The Bertz CT molecular complexity index is 325. The van der Waals surface area contributed by atoms with E-state index in [-0.39, 0.29) is 24.3 Å². The highest BCUT2D eigenvalue weighted by Gasteiger charge is 2.05. The number of rotatable bonds is 7. The monoisotopic (exact) mass is 271 g/mol. The van der Waals surface area contributed by atoms with Crippen molar-refractivity contribution in [3.8, 4) is 0 Å². The summed E-state index contributed by atoms with van der Waals surface area (Å²) in [6.07, 6.45) is 0. The van der Waals surface area contributed by atoms with E-state index < -0.39 is 16.1 Å². The van der Waals surface area contributed by atoms with Crippen LogP contribution in [0.3, 0.4) is 0 Å². The Labute approximate surface area is 99.8 Å². The summed E-state index contributed by atoms with van der Waals surface area (Å²) in [5.41, 5.74) is 0.331. The van der Waals surface area contributed by atoms with Gasteiger partial charge in [-0.15, -0.1) is 0 Å². The molecule has 0 aliphatic rings. The Morgan fingerprint density at radius 2 is 2.00 bits per heavy atom. The first-order valence-corrected chi connectivity index (χ1v) is 6.95. The lowest BCUT2D eigenvalue weighted by Gasteiger charge is -2.03. The van der Waals surface area contributed by atoms with Crippen molar-refractivity contribution in [1.29, 1.82) is 0 Å². The van der Waals surface area contributed by atoms with Crippen molar-refractivity contribution in [2.24, 2.45) is 0 Å². The Morgan fingerprint density at radius 3 is 2.44 bits per heavy atom. The molecule has 6 nitrogen and oxygen atoms in total. The smallest absolute Gasteiger partial charge is 0.333 e. The second-order valence-corrected chi connectivity index (χ2v) is 5.61. The van der Waals surface area contributed by atoms with Crippen molar-refractivity contribution in [2.75, 3.05) is 23.9 Å². The fraction of sp³-hybridized carbons (Fsp3) is 0.625. The Balaban J connectivity index is 0. The SMILES string of the molecule is C=C(C)C(=O)OCCSCCS(=O)(=O)O.N. The lowest BCUT2D eigenvalue weighted by atomic mass is 10.4. The van der Waals surface area contributed by atoms with Crippen LogP contribution in [0.2, 0.25) is 0 Å². The highest BCUT2D eigenvalue weighted by atomic mass is 32.2. The molecule has 0 radical (unpaired) electrons. The maximum absolute atomic E-state index is 10.9. The highest BCUT2D eigenvalue weighted by molar-refractivity contribution is 8.00. The van der Waals surface area contributed by atoms with Gasteiger partial charge in [0.1, 0.15) is 6.61 Å². The fourth-order valence-electron chi connectivity index (χ4n) is 0.583. The van der Waals surface area contributed by atoms with Crippen molar-refractivity contribution < 1.29 is 22.5 Å². The molecular formula is C8H17NO5S2. The van der Waals surface area contributed by atoms with Gasteiger partial charge >= 0.3 is 5.97 Å². The number of thioether (sulfide) groups is 1. The molecule has 0 fully saturated rings. The third kappa shape index (κ3) is 11.5. The van der Waals surface area contributed by atoms with E-state index in [9.17, 15) is 13.2 Å². The van der Waals surface area contributed by atoms with Crippen LogP contribution in [0.25, 0.3) is 0 Å². The summed E-state index contributed by atoms with van der Waals surface area (Å²) in [5.74, 6) is 0.0368. The normalized spacial score (nSPS) is 10.4. The van der Waals surface area contributed by atoms with Crippen molar-refractivity contribution >= 4 is 27.8 Å². The molecule has 0 saturated heterocycles. The maximum atomic E-state index is 10.9. The first-order chi connectivity index (χ1) is 6.83. The van der Waals surface area contributed by atoms with Crippen LogP contribution < -0.4 is 6.15 Å². The van der Waals surface area contributed by atoms with E-state index in [0.717, 1.165) is 0 Å². The summed E-state index contributed by atoms with van der Waals surface area (Å²) in [6.45, 7) is 5.17. The summed E-state index contributed by atoms with van der Waals surface area (Å²) in [4.78, 5) is 10.9. The molecule has 0 aromatic heterocycles. The standard InChI is InChI=1S/C8H14O5S2.H3N/c1-7(2)8(9)13-3-4-14-5-6-15(10,11)12;/h1,3-6H2,2H3,(H,10,11,12);1H3. The molecule has 0 atom stereocenters. The van der Waals surface area contributed by atoms with Gasteiger partial charge in [0.15, 0.2) is 0 Å². The zero-order valence-corrected chi connectivity index (χ0v) is 10.8. The molecular weight excluding hydrogens is 254 g/mol. The average molecular weight is 271 g/mol. The van der Waals surface area contributed by atoms with Gasteiger partial charge in [0.25, 0.3) is 10.1 Å². The second-order valence-electron chi connectivity index (χ2n) is 2.81. The first-order valence-electron chi connectivity index (χ1n) is 4.18. The number of carbonyl (C=O) groups is 1. The van der Waals surface area contributed by atoms with E-state index in [1.165, 1.54) is 11.8 Å². The molecule has 0 saturated carbocycles. The summed E-state index contributed by atoms with van der Waals surface area (Å²) < 4.78 is 33.8. The van der Waals surface area contributed by atoms with Crippen LogP contribution in [0.1, 0.15) is 6.92 Å². The van der Waals surface area contributed by atoms with E-state index in [4.69, 9.17) is 9.29 Å². The Hall–Kier alpha value is -0.570. The molecule has 0 aromatic carbocycles. The summed E-state index contributed by atoms with van der Waals surface area (Å²) in [7, 11) is -3.88. The molecule has 0 aliphatic carbocycles. The maximum Gasteiger partial charge on any atom is 0.333 e. The van der Waals surface area contributed by atoms with Gasteiger partial charge in [-0.25, -0.2) is 4.79 Å². The van der Waals surface area contributed by atoms with Gasteiger partial charge in [-0.1, -0.05) is 6.58 Å². The molecule has 4 N–H and O–H groups in total. The minimum atomic E-state index is -3.88. The molecule has 0 spiro atoms. The molecule has 96 valence electrons. The number of ether oxygens (including phenoxy) is 1. The highest BCUT2D eigenvalue weighted by Crippen LogP contribution is 2.02. The first kappa shape index (κ1) is 17.8. The van der Waals surface area contributed by atoms with E-state index in [1.54, 1.807) is 6.92 Å². The van der Waals surface area contributed by atoms with Gasteiger partial charge in [0.2, 0.25) is 0 Å². The molecule has 0 heterocycles. The third-order valence-electron chi connectivity index (χ3n) is 1.29. The summed E-state index contributed by atoms with van der Waals surface area (Å²) >= 11 is 1.29. The van der Waals surface area contributed by atoms with Crippen LogP contribution in [-0.4, -0.2) is 42.8 Å². The third-order valence-corrected chi connectivity index (χ3v) is 3.22. The van der Waals surface area contributed by atoms with Crippen molar-refractivity contribution in [3.63, 3.8) is 0 Å². The zero-order valence-electron chi connectivity index (χ0n) is 9.14. The van der Waals surface area contributed by atoms with E-state index in [2.05, 4.69) is 6.58 Å². The lowest BCUT2D eigenvalue weighted by molar-refractivity contribution is -0.138. The summed E-state index contributed by atoms with van der Waals surface area (Å²) in [6, 6.07) is 0. The second kappa shape index (κ2) is 8.57. The van der Waals surface area contributed by atoms with Crippen LogP contribution in [0.5, 0.6) is 0 Å². The number of carbonyl (C=O) groups excluding carboxylic acids is 1. The Morgan fingerprint density at radius 1 is 1.44 bits per heavy atom. The minimum Gasteiger partial charge on any atom is -0.461 e. The van der Waals surface area contributed by atoms with Crippen molar-refractivity contribution in [3.05, 3.63) is 12.2 Å². The molecule has 0 amide bonds. The number of hydrogen-bond donors (Lipinski definition) is 2. The fourth-order valence-corrected chi connectivity index (χ4v) is 2.30. The van der Waals surface area contributed by atoms with Crippen LogP contribution in [-0.2, 0) is 19.6 Å². The van der Waals surface area contributed by atoms with E-state index >= 15 is 0 Å². The topological polar surface area (TPSA) is 116 Å². The quantitative estimate of drug-likeness (QED) is 0.305. The molecule has 0 unspecified atom stereocenters. The predicted molar refractivity (Wildman–Crippen MR) is 64.5 cm³/mol. The number of esters is 1. The van der Waals surface area contributed by atoms with Gasteiger partial charge in [0.05, 0.1) is 5.75 Å². The van der Waals surface area contributed by atoms with Gasteiger partial charge in [-0.05, 0) is 6.92 Å². The predicted octanol–water partition coefficient (Wildman–Crippen LogP) is 0.889. The van der Waals surface area contributed by atoms with Crippen LogP contribution in [0, 0.1) is 0 Å². The molecule has 0 rings (SSSR count). The van der Waals surface area contributed by atoms with E-state index in [1.807, 2.05) is 0 Å². The lowest BCUT2D eigenvalue weighted by Crippen LogP contribution is -2.10.